The minimum Gasteiger partial charge on any atom is -0.480 e. The highest BCUT2D eigenvalue weighted by Crippen LogP contribution is 2.43. The summed E-state index contributed by atoms with van der Waals surface area (Å²) in [6.45, 7) is 2.97. The van der Waals surface area contributed by atoms with E-state index in [4.69, 9.17) is 14.5 Å². The zero-order valence-corrected chi connectivity index (χ0v) is 25.4. The number of hydrogen-bond donors (Lipinski definition) is 1. The molecule has 0 saturated heterocycles. The number of benzene rings is 2. The van der Waals surface area contributed by atoms with Gasteiger partial charge in [0.15, 0.2) is 11.5 Å². The molecule has 1 N–H and O–H groups in total. The molecule has 5 aromatic rings. The van der Waals surface area contributed by atoms with Crippen molar-refractivity contribution in [3.05, 3.63) is 95.6 Å². The summed E-state index contributed by atoms with van der Waals surface area (Å²) < 4.78 is 55.9. The van der Waals surface area contributed by atoms with Gasteiger partial charge in [-0.2, -0.15) is 18.2 Å². The Balaban J connectivity index is 1.80. The highest BCUT2D eigenvalue weighted by Gasteiger charge is 2.51. The molecule has 0 aliphatic carbocycles. The zero-order valence-electron chi connectivity index (χ0n) is 25.4. The third-order valence-corrected chi connectivity index (χ3v) is 7.15. The molecule has 3 heterocycles. The van der Waals surface area contributed by atoms with Crippen LogP contribution in [0.15, 0.2) is 73.1 Å². The molecule has 0 aliphatic rings. The molecule has 0 atom stereocenters. The summed E-state index contributed by atoms with van der Waals surface area (Å²) in [5.74, 6) is -3.14. The van der Waals surface area contributed by atoms with Gasteiger partial charge in [0, 0.05) is 30.8 Å². The highest BCUT2D eigenvalue weighted by atomic mass is 19.4. The average Bonchev–Trinajstić information content (AvgIpc) is 3.66. The summed E-state index contributed by atoms with van der Waals surface area (Å²) >= 11 is 0. The van der Waals surface area contributed by atoms with E-state index < -0.39 is 23.7 Å². The van der Waals surface area contributed by atoms with Crippen molar-refractivity contribution in [2.75, 3.05) is 33.1 Å². The van der Waals surface area contributed by atoms with Crippen LogP contribution in [0.4, 0.5) is 19.1 Å². The van der Waals surface area contributed by atoms with E-state index in [2.05, 4.69) is 20.4 Å². The van der Waals surface area contributed by atoms with Crippen LogP contribution in [0.2, 0.25) is 0 Å². The summed E-state index contributed by atoms with van der Waals surface area (Å²) in [6.07, 6.45) is -3.85. The largest absolute Gasteiger partial charge is 0.490 e. The van der Waals surface area contributed by atoms with Gasteiger partial charge < -0.3 is 18.9 Å². The number of nitrogens with zero attached hydrogens (tertiary/aromatic N) is 7. The van der Waals surface area contributed by atoms with E-state index >= 15 is 0 Å². The minimum absolute atomic E-state index is 0.00212. The molecule has 15 heteroatoms. The van der Waals surface area contributed by atoms with Crippen molar-refractivity contribution >= 4 is 29.0 Å². The third-order valence-electron chi connectivity index (χ3n) is 7.15. The van der Waals surface area contributed by atoms with Crippen molar-refractivity contribution in [1.29, 1.82) is 0 Å². The van der Waals surface area contributed by atoms with Gasteiger partial charge in [-0.05, 0) is 27.1 Å². The van der Waals surface area contributed by atoms with E-state index in [0.717, 1.165) is 0 Å². The lowest BCUT2D eigenvalue weighted by molar-refractivity contribution is -0.209. The maximum Gasteiger partial charge on any atom is 0.490 e. The van der Waals surface area contributed by atoms with E-state index in [0.29, 0.717) is 13.1 Å². The number of carbonyl (C=O) groups is 2. The second-order valence-electron chi connectivity index (χ2n) is 10.5. The minimum atomic E-state index is -5.32. The average molecular weight is 637 g/mol. The predicted octanol–water partition coefficient (Wildman–Crippen LogP) is 4.26. The predicted molar refractivity (Wildman–Crippen MR) is 161 cm³/mol. The van der Waals surface area contributed by atoms with E-state index in [-0.39, 0.29) is 52.1 Å². The van der Waals surface area contributed by atoms with Crippen molar-refractivity contribution < 1.29 is 32.2 Å². The summed E-state index contributed by atoms with van der Waals surface area (Å²) in [5, 5.41) is 6.80. The number of carbonyl (C=O) groups excluding carboxylic acids is 2. The first-order valence-electron chi connectivity index (χ1n) is 14.2. The number of nitrogens with one attached hydrogen (secondary N) is 1. The maximum atomic E-state index is 13.9. The molecule has 0 fully saturated rings. The van der Waals surface area contributed by atoms with E-state index in [1.165, 1.54) is 24.2 Å². The number of likely N-dealkylation sites (N-methyl/N-ethyl adjacent to an activating group) is 1. The Morgan fingerprint density at radius 1 is 0.978 bits per heavy atom. The summed E-state index contributed by atoms with van der Waals surface area (Å²) in [6, 6.07) is 17.6. The molecule has 1 amide bonds. The van der Waals surface area contributed by atoms with Gasteiger partial charge in [-0.1, -0.05) is 60.7 Å². The SMILES string of the molecule is CCn1cnc(NC(=O)c2cc3c(nc2OC)nc(C(OC(=O)C(F)(F)F)(c2ccccc2)c2ccccc2)n3CCN(C)C)n1. The molecular weight excluding hydrogens is 605 g/mol. The molecule has 0 unspecified atom stereocenters. The molecule has 0 spiro atoms. The van der Waals surface area contributed by atoms with Crippen molar-refractivity contribution in [1.82, 2.24) is 34.2 Å². The number of fused-ring (bicyclic) bond motifs is 1. The van der Waals surface area contributed by atoms with Gasteiger partial charge in [0.25, 0.3) is 5.91 Å². The molecule has 0 saturated carbocycles. The summed E-state index contributed by atoms with van der Waals surface area (Å²) in [5.41, 5.74) is -1.43. The van der Waals surface area contributed by atoms with Crippen molar-refractivity contribution in [2.24, 2.45) is 0 Å². The Morgan fingerprint density at radius 3 is 2.13 bits per heavy atom. The third kappa shape index (κ3) is 6.26. The molecule has 2 aromatic carbocycles. The van der Waals surface area contributed by atoms with Crippen LogP contribution in [-0.4, -0.2) is 80.0 Å². The Labute approximate surface area is 261 Å². The maximum absolute atomic E-state index is 13.9. The lowest BCUT2D eigenvalue weighted by Gasteiger charge is -2.34. The van der Waals surface area contributed by atoms with E-state index in [9.17, 15) is 22.8 Å². The number of pyridine rings is 1. The summed E-state index contributed by atoms with van der Waals surface area (Å²) in [7, 11) is 4.97. The Kier molecular flexibility index (Phi) is 9.05. The van der Waals surface area contributed by atoms with Gasteiger partial charge in [-0.15, -0.1) is 5.10 Å². The first-order chi connectivity index (χ1) is 22.0. The molecule has 5 rings (SSSR count). The van der Waals surface area contributed by atoms with Crippen LogP contribution in [0, 0.1) is 0 Å². The number of aryl methyl sites for hydroxylation is 1. The second-order valence-corrected chi connectivity index (χ2v) is 10.5. The number of imidazole rings is 1. The normalized spacial score (nSPS) is 12.0. The molecular formula is C31H31F3N8O4. The van der Waals surface area contributed by atoms with Crippen LogP contribution in [0.5, 0.6) is 5.88 Å². The van der Waals surface area contributed by atoms with Gasteiger partial charge in [-0.3, -0.25) is 14.8 Å². The summed E-state index contributed by atoms with van der Waals surface area (Å²) in [4.78, 5) is 41.3. The molecule has 0 bridgehead atoms. The number of amides is 1. The quantitative estimate of drug-likeness (QED) is 0.212. The first kappa shape index (κ1) is 32.1. The number of alkyl halides is 3. The Morgan fingerprint density at radius 2 is 1.61 bits per heavy atom. The van der Waals surface area contributed by atoms with Gasteiger partial charge in [0.2, 0.25) is 17.4 Å². The Hall–Kier alpha value is -5.31. The van der Waals surface area contributed by atoms with Gasteiger partial charge >= 0.3 is 12.1 Å². The standard InChI is InChI=1S/C31H31F3N8O4/c1-5-41-19-35-29(39-41)38-25(43)22-18-23-24(36-26(22)45-4)37-27(42(23)17-16-40(2)3)30(20-12-8-6-9-13-20,21-14-10-7-11-15-21)46-28(44)31(32,33)34/h6-15,18-19H,5,16-17H2,1-4H3,(H,38,39,43). The van der Waals surface area contributed by atoms with Crippen LogP contribution < -0.4 is 10.1 Å². The smallest absolute Gasteiger partial charge is 0.480 e. The van der Waals surface area contributed by atoms with E-state index in [1.54, 1.807) is 65.2 Å². The number of rotatable bonds is 11. The fraction of sp³-hybridized carbons (Fsp3) is 0.290. The molecule has 46 heavy (non-hydrogen) atoms. The van der Waals surface area contributed by atoms with Crippen molar-refractivity contribution in [3.8, 4) is 5.88 Å². The number of esters is 1. The molecule has 0 radical (unpaired) electrons. The van der Waals surface area contributed by atoms with Crippen LogP contribution in [0.25, 0.3) is 11.2 Å². The molecule has 240 valence electrons. The van der Waals surface area contributed by atoms with Crippen LogP contribution >= 0.6 is 0 Å². The van der Waals surface area contributed by atoms with Crippen LogP contribution in [0.3, 0.4) is 0 Å². The number of hydrogen-bond acceptors (Lipinski definition) is 9. The van der Waals surface area contributed by atoms with Crippen LogP contribution in [-0.2, 0) is 28.2 Å². The number of halogens is 3. The second kappa shape index (κ2) is 13.0. The molecule has 0 aliphatic heterocycles. The molecule has 12 nitrogen and oxygen atoms in total. The fourth-order valence-electron chi connectivity index (χ4n) is 4.95. The van der Waals surface area contributed by atoms with Crippen LogP contribution in [0.1, 0.15) is 34.2 Å². The van der Waals surface area contributed by atoms with Gasteiger partial charge in [0.05, 0.1) is 12.6 Å². The molecule has 3 aromatic heterocycles. The number of ether oxygens (including phenoxy) is 2. The van der Waals surface area contributed by atoms with Crippen molar-refractivity contribution in [3.63, 3.8) is 0 Å². The fourth-order valence-corrected chi connectivity index (χ4v) is 4.95. The lowest BCUT2D eigenvalue weighted by Crippen LogP contribution is -2.42. The lowest BCUT2D eigenvalue weighted by atomic mass is 9.85. The topological polar surface area (TPSA) is 129 Å². The zero-order chi connectivity index (χ0) is 33.1. The number of anilines is 1. The van der Waals surface area contributed by atoms with Gasteiger partial charge in [0.1, 0.15) is 11.9 Å². The van der Waals surface area contributed by atoms with Crippen molar-refractivity contribution in [2.45, 2.75) is 31.8 Å². The van der Waals surface area contributed by atoms with Gasteiger partial charge in [-0.25, -0.2) is 14.8 Å². The van der Waals surface area contributed by atoms with E-state index in [1.807, 2.05) is 25.9 Å². The monoisotopic (exact) mass is 636 g/mol. The first-order valence-corrected chi connectivity index (χ1v) is 14.2. The number of methoxy groups -OCH3 is 1. The highest BCUT2D eigenvalue weighted by molar-refractivity contribution is 6.06. The number of aromatic nitrogens is 6. The Bertz CT molecular complexity index is 1800.